The van der Waals surface area contributed by atoms with Gasteiger partial charge in [0.05, 0.1) is 0 Å². The fourth-order valence-electron chi connectivity index (χ4n) is 2.28. The fraction of sp³-hybridized carbons (Fsp3) is 1.00. The molecule has 0 saturated carbocycles. The van der Waals surface area contributed by atoms with E-state index in [1.807, 2.05) is 0 Å². The molecule has 0 bridgehead atoms. The van der Waals surface area contributed by atoms with Crippen LogP contribution in [0.4, 0.5) is 13.2 Å². The Morgan fingerprint density at radius 3 is 2.19 bits per heavy atom. The molecule has 1 unspecified atom stereocenters. The Labute approximate surface area is 127 Å². The number of alkyl halides is 3. The maximum Gasteiger partial charge on any atom is 0.411 e. The number of unbranched alkanes of at least 4 members (excludes halogenated alkanes) is 5. The van der Waals surface area contributed by atoms with E-state index in [4.69, 9.17) is 4.74 Å². The van der Waals surface area contributed by atoms with E-state index in [0.29, 0.717) is 6.42 Å². The zero-order chi connectivity index (χ0) is 16.0. The van der Waals surface area contributed by atoms with Crippen molar-refractivity contribution in [2.24, 2.45) is 0 Å². The number of halogens is 3. The molecule has 2 nitrogen and oxygen atoms in total. The summed E-state index contributed by atoms with van der Waals surface area (Å²) in [5.74, 6) is 0. The quantitative estimate of drug-likeness (QED) is 0.452. The van der Waals surface area contributed by atoms with Gasteiger partial charge in [-0.1, -0.05) is 52.4 Å². The summed E-state index contributed by atoms with van der Waals surface area (Å²) >= 11 is 0. The second-order valence-electron chi connectivity index (χ2n) is 5.66. The zero-order valence-corrected chi connectivity index (χ0v) is 13.6. The van der Waals surface area contributed by atoms with E-state index in [2.05, 4.69) is 19.2 Å². The molecule has 0 radical (unpaired) electrons. The summed E-state index contributed by atoms with van der Waals surface area (Å²) in [5, 5.41) is 3.41. The number of hydrogen-bond acceptors (Lipinski definition) is 2. The average Bonchev–Trinajstić information content (AvgIpc) is 2.42. The summed E-state index contributed by atoms with van der Waals surface area (Å²) < 4.78 is 40.7. The zero-order valence-electron chi connectivity index (χ0n) is 13.6. The minimum absolute atomic E-state index is 0.177. The highest BCUT2D eigenvalue weighted by Crippen LogP contribution is 2.15. The predicted molar refractivity (Wildman–Crippen MR) is 81.6 cm³/mol. The second kappa shape index (κ2) is 13.4. The summed E-state index contributed by atoms with van der Waals surface area (Å²) in [6.07, 6.45) is 5.96. The first-order chi connectivity index (χ1) is 9.99. The van der Waals surface area contributed by atoms with Crippen LogP contribution in [-0.4, -0.2) is 32.0 Å². The molecule has 0 rings (SSSR count). The summed E-state index contributed by atoms with van der Waals surface area (Å²) in [4.78, 5) is 0. The van der Waals surface area contributed by atoms with Crippen molar-refractivity contribution in [3.8, 4) is 0 Å². The Morgan fingerprint density at radius 2 is 1.57 bits per heavy atom. The van der Waals surface area contributed by atoms with Gasteiger partial charge in [-0.15, -0.1) is 0 Å². The van der Waals surface area contributed by atoms with E-state index >= 15 is 0 Å². The molecule has 5 heteroatoms. The van der Waals surface area contributed by atoms with Crippen molar-refractivity contribution in [1.82, 2.24) is 5.32 Å². The molecule has 1 N–H and O–H groups in total. The molecule has 0 spiro atoms. The Bertz CT molecular complexity index is 222. The highest BCUT2D eigenvalue weighted by atomic mass is 19.4. The smallest absolute Gasteiger partial charge is 0.372 e. The van der Waals surface area contributed by atoms with E-state index in [1.165, 1.54) is 32.1 Å². The lowest BCUT2D eigenvalue weighted by atomic mass is 10.0. The van der Waals surface area contributed by atoms with Crippen LogP contribution < -0.4 is 5.32 Å². The Morgan fingerprint density at radius 1 is 0.905 bits per heavy atom. The average molecular weight is 311 g/mol. The topological polar surface area (TPSA) is 21.3 Å². The molecule has 21 heavy (non-hydrogen) atoms. The molecule has 0 aromatic heterocycles. The molecule has 128 valence electrons. The van der Waals surface area contributed by atoms with Gasteiger partial charge in [-0.05, 0) is 25.8 Å². The van der Waals surface area contributed by atoms with Crippen molar-refractivity contribution in [2.45, 2.75) is 83.9 Å². The molecule has 1 atom stereocenters. The maximum atomic E-state index is 12.0. The molecule has 0 heterocycles. The van der Waals surface area contributed by atoms with Gasteiger partial charge in [-0.2, -0.15) is 13.2 Å². The summed E-state index contributed by atoms with van der Waals surface area (Å²) in [6, 6.07) is 0.282. The van der Waals surface area contributed by atoms with Crippen molar-refractivity contribution in [1.29, 1.82) is 0 Å². The van der Waals surface area contributed by atoms with Gasteiger partial charge in [0.15, 0.2) is 0 Å². The molecule has 0 aromatic carbocycles. The van der Waals surface area contributed by atoms with E-state index in [-0.39, 0.29) is 12.6 Å². The van der Waals surface area contributed by atoms with E-state index in [1.54, 1.807) is 0 Å². The minimum atomic E-state index is -4.22. The van der Waals surface area contributed by atoms with E-state index in [9.17, 15) is 13.2 Å². The van der Waals surface area contributed by atoms with Gasteiger partial charge in [0.1, 0.15) is 6.61 Å². The lowest BCUT2D eigenvalue weighted by molar-refractivity contribution is -0.174. The standard InChI is InChI=1S/C16H32F3NO/c1-3-5-6-7-8-9-10-15(20-12-4-2)11-13-21-14-16(17,18)19/h15,20H,3-14H2,1-2H3. The van der Waals surface area contributed by atoms with Crippen LogP contribution in [0, 0.1) is 0 Å². The van der Waals surface area contributed by atoms with Crippen molar-refractivity contribution in [3.05, 3.63) is 0 Å². The largest absolute Gasteiger partial charge is 0.411 e. The molecule has 0 fully saturated rings. The number of hydrogen-bond donors (Lipinski definition) is 1. The Balaban J connectivity index is 3.71. The van der Waals surface area contributed by atoms with Crippen molar-refractivity contribution in [3.63, 3.8) is 0 Å². The monoisotopic (exact) mass is 311 g/mol. The van der Waals surface area contributed by atoms with Crippen molar-refractivity contribution >= 4 is 0 Å². The molecule has 0 aromatic rings. The normalized spacial score (nSPS) is 13.6. The fourth-order valence-corrected chi connectivity index (χ4v) is 2.28. The third-order valence-corrected chi connectivity index (χ3v) is 3.47. The number of ether oxygens (including phenoxy) is 1. The number of nitrogens with one attached hydrogen (secondary N) is 1. The van der Waals surface area contributed by atoms with Crippen LogP contribution in [0.2, 0.25) is 0 Å². The van der Waals surface area contributed by atoms with Crippen LogP contribution in [0.15, 0.2) is 0 Å². The molecule has 0 aliphatic heterocycles. The first kappa shape index (κ1) is 20.7. The highest BCUT2D eigenvalue weighted by molar-refractivity contribution is 4.67. The van der Waals surface area contributed by atoms with Crippen LogP contribution in [0.25, 0.3) is 0 Å². The third-order valence-electron chi connectivity index (χ3n) is 3.47. The summed E-state index contributed by atoms with van der Waals surface area (Å²) in [6.45, 7) is 4.25. The Hall–Kier alpha value is -0.290. The lowest BCUT2D eigenvalue weighted by Gasteiger charge is -2.19. The highest BCUT2D eigenvalue weighted by Gasteiger charge is 2.27. The first-order valence-corrected chi connectivity index (χ1v) is 8.37. The van der Waals surface area contributed by atoms with Crippen LogP contribution in [0.1, 0.15) is 71.6 Å². The molecule has 0 aliphatic carbocycles. The predicted octanol–water partition coefficient (Wildman–Crippen LogP) is 5.07. The maximum absolute atomic E-state index is 12.0. The SMILES string of the molecule is CCCCCCCCC(CCOCC(F)(F)F)NCCC. The van der Waals surface area contributed by atoms with Crippen LogP contribution >= 0.6 is 0 Å². The van der Waals surface area contributed by atoms with E-state index < -0.39 is 12.8 Å². The second-order valence-corrected chi connectivity index (χ2v) is 5.66. The van der Waals surface area contributed by atoms with Crippen LogP contribution in [-0.2, 0) is 4.74 Å². The van der Waals surface area contributed by atoms with Crippen LogP contribution in [0.3, 0.4) is 0 Å². The van der Waals surface area contributed by atoms with Gasteiger partial charge in [0, 0.05) is 12.6 Å². The van der Waals surface area contributed by atoms with E-state index in [0.717, 1.165) is 25.8 Å². The molecule has 0 amide bonds. The minimum Gasteiger partial charge on any atom is -0.372 e. The number of rotatable bonds is 14. The van der Waals surface area contributed by atoms with Gasteiger partial charge < -0.3 is 10.1 Å². The summed E-state index contributed by atoms with van der Waals surface area (Å²) in [7, 11) is 0. The van der Waals surface area contributed by atoms with Gasteiger partial charge >= 0.3 is 6.18 Å². The molecular weight excluding hydrogens is 279 g/mol. The molecule has 0 aliphatic rings. The van der Waals surface area contributed by atoms with Crippen LogP contribution in [0.5, 0.6) is 0 Å². The lowest BCUT2D eigenvalue weighted by Crippen LogP contribution is -2.31. The van der Waals surface area contributed by atoms with Crippen molar-refractivity contribution < 1.29 is 17.9 Å². The molecular formula is C16H32F3NO. The molecule has 0 saturated heterocycles. The first-order valence-electron chi connectivity index (χ1n) is 8.37. The van der Waals surface area contributed by atoms with Gasteiger partial charge in [0.25, 0.3) is 0 Å². The Kier molecular flexibility index (Phi) is 13.2. The van der Waals surface area contributed by atoms with Gasteiger partial charge in [-0.3, -0.25) is 0 Å². The van der Waals surface area contributed by atoms with Crippen molar-refractivity contribution in [2.75, 3.05) is 19.8 Å². The third kappa shape index (κ3) is 15.9. The van der Waals surface area contributed by atoms with Gasteiger partial charge in [0.2, 0.25) is 0 Å². The van der Waals surface area contributed by atoms with Gasteiger partial charge in [-0.25, -0.2) is 0 Å². The summed E-state index contributed by atoms with van der Waals surface area (Å²) in [5.41, 5.74) is 0.